The third-order valence-electron chi connectivity index (χ3n) is 3.15. The summed E-state index contributed by atoms with van der Waals surface area (Å²) in [6.45, 7) is 0.694. The molecule has 4 heteroatoms. The van der Waals surface area contributed by atoms with Crippen LogP contribution in [0.5, 0.6) is 0 Å². The maximum atomic E-state index is 13.1. The molecule has 0 bridgehead atoms. The number of halogens is 2. The highest BCUT2D eigenvalue weighted by Gasteiger charge is 2.04. The second-order valence-corrected chi connectivity index (χ2v) is 6.05. The molecule has 2 aromatic carbocycles. The van der Waals surface area contributed by atoms with Gasteiger partial charge in [0, 0.05) is 17.1 Å². The molecule has 0 unspecified atom stereocenters. The largest absolute Gasteiger partial charge is 0.380 e. The molecule has 3 aromatic rings. The Labute approximate surface area is 132 Å². The third kappa shape index (κ3) is 3.43. The van der Waals surface area contributed by atoms with Gasteiger partial charge in [0.15, 0.2) is 0 Å². The fourth-order valence-corrected chi connectivity index (χ4v) is 3.06. The van der Waals surface area contributed by atoms with Crippen LogP contribution >= 0.6 is 22.9 Å². The summed E-state index contributed by atoms with van der Waals surface area (Å²) in [4.78, 5) is 1.22. The van der Waals surface area contributed by atoms with Crippen molar-refractivity contribution in [2.45, 2.75) is 6.54 Å². The highest BCUT2D eigenvalue weighted by atomic mass is 35.5. The van der Waals surface area contributed by atoms with Crippen molar-refractivity contribution in [1.82, 2.24) is 0 Å². The number of nitrogens with one attached hydrogen (secondary N) is 1. The van der Waals surface area contributed by atoms with Crippen LogP contribution in [0.4, 0.5) is 10.1 Å². The molecule has 0 spiro atoms. The quantitative estimate of drug-likeness (QED) is 0.639. The van der Waals surface area contributed by atoms with E-state index >= 15 is 0 Å². The lowest BCUT2D eigenvalue weighted by Gasteiger charge is -2.05. The van der Waals surface area contributed by atoms with Gasteiger partial charge in [-0.05, 0) is 40.8 Å². The molecule has 106 valence electrons. The van der Waals surface area contributed by atoms with E-state index in [0.717, 1.165) is 5.69 Å². The molecule has 0 aliphatic carbocycles. The summed E-state index contributed by atoms with van der Waals surface area (Å²) in [5.74, 6) is -0.398. The second-order valence-electron chi connectivity index (χ2n) is 4.65. The van der Waals surface area contributed by atoms with E-state index < -0.39 is 5.82 Å². The van der Waals surface area contributed by atoms with Crippen LogP contribution in [0.15, 0.2) is 60.0 Å². The van der Waals surface area contributed by atoms with Gasteiger partial charge in [-0.3, -0.25) is 0 Å². The molecule has 0 saturated heterocycles. The van der Waals surface area contributed by atoms with Crippen LogP contribution in [0.3, 0.4) is 0 Å². The zero-order valence-corrected chi connectivity index (χ0v) is 12.7. The monoisotopic (exact) mass is 317 g/mol. The summed E-state index contributed by atoms with van der Waals surface area (Å²) in [6.07, 6.45) is 0. The van der Waals surface area contributed by atoms with Gasteiger partial charge in [0.2, 0.25) is 0 Å². The Morgan fingerprint density at radius 2 is 1.81 bits per heavy atom. The van der Waals surface area contributed by atoms with E-state index in [-0.39, 0.29) is 5.02 Å². The van der Waals surface area contributed by atoms with Gasteiger partial charge in [0.1, 0.15) is 5.82 Å². The van der Waals surface area contributed by atoms with Crippen molar-refractivity contribution in [2.75, 3.05) is 5.32 Å². The SMILES string of the molecule is Fc1ccc(NCc2cc(-c3ccccc3)cs2)cc1Cl. The molecule has 0 aliphatic heterocycles. The number of hydrogen-bond donors (Lipinski definition) is 1. The van der Waals surface area contributed by atoms with E-state index in [1.807, 2.05) is 18.2 Å². The minimum Gasteiger partial charge on any atom is -0.380 e. The van der Waals surface area contributed by atoms with Crippen LogP contribution in [0.2, 0.25) is 5.02 Å². The summed E-state index contributed by atoms with van der Waals surface area (Å²) in [5.41, 5.74) is 3.25. The zero-order valence-electron chi connectivity index (χ0n) is 11.1. The van der Waals surface area contributed by atoms with Gasteiger partial charge in [-0.15, -0.1) is 11.3 Å². The summed E-state index contributed by atoms with van der Waals surface area (Å²) in [7, 11) is 0. The Morgan fingerprint density at radius 3 is 2.57 bits per heavy atom. The Hall–Kier alpha value is -1.84. The Kier molecular flexibility index (Phi) is 4.23. The highest BCUT2D eigenvalue weighted by Crippen LogP contribution is 2.26. The van der Waals surface area contributed by atoms with Crippen molar-refractivity contribution >= 4 is 28.6 Å². The number of hydrogen-bond acceptors (Lipinski definition) is 2. The van der Waals surface area contributed by atoms with Gasteiger partial charge in [-0.2, -0.15) is 0 Å². The van der Waals surface area contributed by atoms with E-state index in [2.05, 4.69) is 28.9 Å². The topological polar surface area (TPSA) is 12.0 Å². The maximum absolute atomic E-state index is 13.1. The molecule has 0 aliphatic rings. The average Bonchev–Trinajstić information content (AvgIpc) is 2.98. The van der Waals surface area contributed by atoms with Crippen LogP contribution < -0.4 is 5.32 Å². The van der Waals surface area contributed by atoms with Gasteiger partial charge in [0.05, 0.1) is 5.02 Å². The minimum absolute atomic E-state index is 0.135. The summed E-state index contributed by atoms with van der Waals surface area (Å²) >= 11 is 7.47. The summed E-state index contributed by atoms with van der Waals surface area (Å²) in [6, 6.07) is 17.1. The van der Waals surface area contributed by atoms with Gasteiger partial charge in [-0.1, -0.05) is 41.9 Å². The van der Waals surface area contributed by atoms with E-state index in [0.29, 0.717) is 6.54 Å². The van der Waals surface area contributed by atoms with Crippen LogP contribution in [0.25, 0.3) is 11.1 Å². The standard InChI is InChI=1S/C17H13ClFNS/c18-16-9-14(6-7-17(16)19)20-10-15-8-13(11-21-15)12-4-2-1-3-5-12/h1-9,11,20H,10H2. The van der Waals surface area contributed by atoms with Crippen molar-refractivity contribution in [3.8, 4) is 11.1 Å². The van der Waals surface area contributed by atoms with Gasteiger partial charge in [0.25, 0.3) is 0 Å². The van der Waals surface area contributed by atoms with Crippen molar-refractivity contribution in [3.63, 3.8) is 0 Å². The molecule has 0 saturated carbocycles. The average molecular weight is 318 g/mol. The van der Waals surface area contributed by atoms with Gasteiger partial charge >= 0.3 is 0 Å². The first kappa shape index (κ1) is 14.1. The first-order valence-corrected chi connectivity index (χ1v) is 7.80. The van der Waals surface area contributed by atoms with Crippen molar-refractivity contribution in [3.05, 3.63) is 75.7 Å². The molecular formula is C17H13ClFNS. The molecule has 0 radical (unpaired) electrons. The number of rotatable bonds is 4. The summed E-state index contributed by atoms with van der Waals surface area (Å²) < 4.78 is 13.1. The molecule has 0 fully saturated rings. The molecule has 1 N–H and O–H groups in total. The molecule has 0 amide bonds. The van der Waals surface area contributed by atoms with Crippen molar-refractivity contribution in [1.29, 1.82) is 0 Å². The van der Waals surface area contributed by atoms with E-state index in [9.17, 15) is 4.39 Å². The molecule has 1 aromatic heterocycles. The molecule has 1 nitrogen and oxygen atoms in total. The Morgan fingerprint density at radius 1 is 1.00 bits per heavy atom. The number of anilines is 1. The molecule has 1 heterocycles. The number of thiophene rings is 1. The van der Waals surface area contributed by atoms with Gasteiger partial charge < -0.3 is 5.32 Å². The maximum Gasteiger partial charge on any atom is 0.141 e. The lowest BCUT2D eigenvalue weighted by molar-refractivity contribution is 0.628. The third-order valence-corrected chi connectivity index (χ3v) is 4.37. The first-order valence-electron chi connectivity index (χ1n) is 6.54. The van der Waals surface area contributed by atoms with Crippen LogP contribution in [0, 0.1) is 5.82 Å². The van der Waals surface area contributed by atoms with Crippen LogP contribution in [-0.4, -0.2) is 0 Å². The smallest absolute Gasteiger partial charge is 0.141 e. The molecule has 0 atom stereocenters. The van der Waals surface area contributed by atoms with E-state index in [1.54, 1.807) is 23.5 Å². The highest BCUT2D eigenvalue weighted by molar-refractivity contribution is 7.10. The Balaban J connectivity index is 1.69. The van der Waals surface area contributed by atoms with Gasteiger partial charge in [-0.25, -0.2) is 4.39 Å². The zero-order chi connectivity index (χ0) is 14.7. The van der Waals surface area contributed by atoms with E-state index in [4.69, 9.17) is 11.6 Å². The first-order chi connectivity index (χ1) is 10.2. The lowest BCUT2D eigenvalue weighted by Crippen LogP contribution is -1.97. The fraction of sp³-hybridized carbons (Fsp3) is 0.0588. The normalized spacial score (nSPS) is 10.6. The predicted octanol–water partition coefficient (Wildman–Crippen LogP) is 5.82. The van der Waals surface area contributed by atoms with Crippen molar-refractivity contribution in [2.24, 2.45) is 0 Å². The Bertz CT molecular complexity index is 740. The number of benzene rings is 2. The predicted molar refractivity (Wildman–Crippen MR) is 88.5 cm³/mol. The fourth-order valence-electron chi connectivity index (χ4n) is 2.05. The second kappa shape index (κ2) is 6.29. The molecule has 3 rings (SSSR count). The van der Waals surface area contributed by atoms with E-state index in [1.165, 1.54) is 22.1 Å². The van der Waals surface area contributed by atoms with Crippen molar-refractivity contribution < 1.29 is 4.39 Å². The molecular weight excluding hydrogens is 305 g/mol. The summed E-state index contributed by atoms with van der Waals surface area (Å²) in [5, 5.41) is 5.53. The van der Waals surface area contributed by atoms with Crippen LogP contribution in [0.1, 0.15) is 4.88 Å². The lowest BCUT2D eigenvalue weighted by atomic mass is 10.1. The molecule has 21 heavy (non-hydrogen) atoms. The minimum atomic E-state index is -0.398. The van der Waals surface area contributed by atoms with Crippen LogP contribution in [-0.2, 0) is 6.54 Å².